The number of hydrogen-bond donors (Lipinski definition) is 0. The Morgan fingerprint density at radius 2 is 2.33 bits per heavy atom. The Balaban J connectivity index is 2.03. The minimum atomic E-state index is -0.232. The summed E-state index contributed by atoms with van der Waals surface area (Å²) in [6, 6.07) is 5.03. The highest BCUT2D eigenvalue weighted by Gasteiger charge is 2.23. The number of fused-ring (bicyclic) bond motifs is 1. The van der Waals surface area contributed by atoms with Crippen LogP contribution in [-0.4, -0.2) is 35.9 Å². The molecule has 1 saturated heterocycles. The molecule has 1 aromatic carbocycles. The van der Waals surface area contributed by atoms with E-state index < -0.39 is 0 Å². The topological polar surface area (TPSA) is 30.3 Å². The van der Waals surface area contributed by atoms with Crippen molar-refractivity contribution in [1.29, 1.82) is 0 Å². The SMILES string of the molecule is CN(c1nc2ccc(F)cc2n1C)[C@H]1CCOC1. The van der Waals surface area contributed by atoms with E-state index in [-0.39, 0.29) is 5.82 Å². The van der Waals surface area contributed by atoms with Gasteiger partial charge in [-0.3, -0.25) is 0 Å². The fourth-order valence-corrected chi connectivity index (χ4v) is 2.46. The Morgan fingerprint density at radius 3 is 3.06 bits per heavy atom. The first-order valence-corrected chi connectivity index (χ1v) is 6.09. The quantitative estimate of drug-likeness (QED) is 0.814. The highest BCUT2D eigenvalue weighted by molar-refractivity contribution is 5.78. The van der Waals surface area contributed by atoms with Crippen molar-refractivity contribution in [2.24, 2.45) is 7.05 Å². The predicted molar refractivity (Wildman–Crippen MR) is 68.3 cm³/mol. The van der Waals surface area contributed by atoms with Crippen LogP contribution in [0.5, 0.6) is 0 Å². The molecule has 4 nitrogen and oxygen atoms in total. The fraction of sp³-hybridized carbons (Fsp3) is 0.462. The van der Waals surface area contributed by atoms with Crippen molar-refractivity contribution in [3.8, 4) is 0 Å². The van der Waals surface area contributed by atoms with Gasteiger partial charge in [0.1, 0.15) is 5.82 Å². The number of ether oxygens (including phenoxy) is 1. The molecule has 1 fully saturated rings. The van der Waals surface area contributed by atoms with Gasteiger partial charge in [0.25, 0.3) is 0 Å². The highest BCUT2D eigenvalue weighted by Crippen LogP contribution is 2.24. The van der Waals surface area contributed by atoms with Crippen molar-refractivity contribution in [3.05, 3.63) is 24.0 Å². The smallest absolute Gasteiger partial charge is 0.206 e. The summed E-state index contributed by atoms with van der Waals surface area (Å²) in [5.74, 6) is 0.620. The third-order valence-corrected chi connectivity index (χ3v) is 3.59. The average Bonchev–Trinajstić information content (AvgIpc) is 2.98. The number of nitrogens with zero attached hydrogens (tertiary/aromatic N) is 3. The molecule has 0 amide bonds. The zero-order chi connectivity index (χ0) is 12.7. The second kappa shape index (κ2) is 4.24. The Bertz CT molecular complexity index is 575. The number of benzene rings is 1. The maximum absolute atomic E-state index is 13.3. The Labute approximate surface area is 105 Å². The minimum absolute atomic E-state index is 0.232. The molecular weight excluding hydrogens is 233 g/mol. The van der Waals surface area contributed by atoms with Crippen molar-refractivity contribution in [3.63, 3.8) is 0 Å². The molecule has 18 heavy (non-hydrogen) atoms. The van der Waals surface area contributed by atoms with Gasteiger partial charge in [0.2, 0.25) is 5.95 Å². The van der Waals surface area contributed by atoms with Crippen LogP contribution in [0.3, 0.4) is 0 Å². The zero-order valence-electron chi connectivity index (χ0n) is 10.6. The first-order chi connectivity index (χ1) is 8.66. The number of halogens is 1. The first kappa shape index (κ1) is 11.5. The fourth-order valence-electron chi connectivity index (χ4n) is 2.46. The van der Waals surface area contributed by atoms with Crippen LogP contribution >= 0.6 is 0 Å². The molecule has 2 aromatic rings. The molecule has 96 valence electrons. The van der Waals surface area contributed by atoms with Crippen LogP contribution in [0.2, 0.25) is 0 Å². The molecule has 0 spiro atoms. The van der Waals surface area contributed by atoms with Crippen LogP contribution in [0.1, 0.15) is 6.42 Å². The van der Waals surface area contributed by atoms with Gasteiger partial charge in [-0.05, 0) is 24.6 Å². The maximum Gasteiger partial charge on any atom is 0.206 e. The number of hydrogen-bond acceptors (Lipinski definition) is 3. The van der Waals surface area contributed by atoms with Crippen molar-refractivity contribution in [2.45, 2.75) is 12.5 Å². The molecule has 1 aliphatic rings. The summed E-state index contributed by atoms with van der Waals surface area (Å²) < 4.78 is 20.6. The summed E-state index contributed by atoms with van der Waals surface area (Å²) in [4.78, 5) is 6.68. The largest absolute Gasteiger partial charge is 0.379 e. The molecule has 0 saturated carbocycles. The lowest BCUT2D eigenvalue weighted by molar-refractivity contribution is 0.193. The van der Waals surface area contributed by atoms with Gasteiger partial charge in [-0.2, -0.15) is 0 Å². The van der Waals surface area contributed by atoms with Crippen LogP contribution in [-0.2, 0) is 11.8 Å². The minimum Gasteiger partial charge on any atom is -0.379 e. The molecule has 0 N–H and O–H groups in total. The van der Waals surface area contributed by atoms with Crippen LogP contribution in [0, 0.1) is 5.82 Å². The number of rotatable bonds is 2. The lowest BCUT2D eigenvalue weighted by Gasteiger charge is -2.24. The third-order valence-electron chi connectivity index (χ3n) is 3.59. The summed E-state index contributed by atoms with van der Waals surface area (Å²) >= 11 is 0. The summed E-state index contributed by atoms with van der Waals surface area (Å²) in [6.45, 7) is 1.53. The van der Waals surface area contributed by atoms with Gasteiger partial charge in [-0.1, -0.05) is 0 Å². The standard InChI is InChI=1S/C13H16FN3O/c1-16(10-5-6-18-8-10)13-15-11-4-3-9(14)7-12(11)17(13)2/h3-4,7,10H,5-6,8H2,1-2H3/t10-/m0/s1. The van der Waals surface area contributed by atoms with E-state index in [0.717, 1.165) is 36.6 Å². The number of likely N-dealkylation sites (N-methyl/N-ethyl adjacent to an activating group) is 1. The molecule has 3 rings (SSSR count). The van der Waals surface area contributed by atoms with E-state index in [0.29, 0.717) is 6.04 Å². The van der Waals surface area contributed by atoms with Crippen LogP contribution in [0.15, 0.2) is 18.2 Å². The lowest BCUT2D eigenvalue weighted by Crippen LogP contribution is -2.33. The number of aryl methyl sites for hydroxylation is 1. The van der Waals surface area contributed by atoms with Gasteiger partial charge in [-0.25, -0.2) is 9.37 Å². The highest BCUT2D eigenvalue weighted by atomic mass is 19.1. The molecule has 0 aliphatic carbocycles. The molecular formula is C13H16FN3O. The predicted octanol–water partition coefficient (Wildman–Crippen LogP) is 1.94. The monoisotopic (exact) mass is 249 g/mol. The van der Waals surface area contributed by atoms with E-state index in [4.69, 9.17) is 4.74 Å². The summed E-state index contributed by atoms with van der Waals surface area (Å²) in [6.07, 6.45) is 1.01. The summed E-state index contributed by atoms with van der Waals surface area (Å²) in [5, 5.41) is 0. The van der Waals surface area contributed by atoms with Gasteiger partial charge < -0.3 is 14.2 Å². The van der Waals surface area contributed by atoms with E-state index in [2.05, 4.69) is 9.88 Å². The van der Waals surface area contributed by atoms with E-state index >= 15 is 0 Å². The van der Waals surface area contributed by atoms with E-state index in [9.17, 15) is 4.39 Å². The Morgan fingerprint density at radius 1 is 1.50 bits per heavy atom. The molecule has 1 aliphatic heterocycles. The van der Waals surface area contributed by atoms with Crippen LogP contribution in [0.4, 0.5) is 10.3 Å². The molecule has 1 atom stereocenters. The molecule has 0 radical (unpaired) electrons. The van der Waals surface area contributed by atoms with Gasteiger partial charge in [-0.15, -0.1) is 0 Å². The summed E-state index contributed by atoms with van der Waals surface area (Å²) in [5.41, 5.74) is 1.63. The second-order valence-electron chi connectivity index (χ2n) is 4.73. The Kier molecular flexibility index (Phi) is 2.70. The van der Waals surface area contributed by atoms with Crippen molar-refractivity contribution in [1.82, 2.24) is 9.55 Å². The molecule has 5 heteroatoms. The van der Waals surface area contributed by atoms with Gasteiger partial charge in [0, 0.05) is 20.7 Å². The Hall–Kier alpha value is -1.62. The zero-order valence-corrected chi connectivity index (χ0v) is 10.6. The van der Waals surface area contributed by atoms with Crippen molar-refractivity contribution in [2.75, 3.05) is 25.2 Å². The molecule has 2 heterocycles. The normalized spacial score (nSPS) is 19.6. The van der Waals surface area contributed by atoms with Crippen LogP contribution in [0.25, 0.3) is 11.0 Å². The third kappa shape index (κ3) is 1.75. The van der Waals surface area contributed by atoms with E-state index in [1.54, 1.807) is 6.07 Å². The van der Waals surface area contributed by atoms with Crippen molar-refractivity contribution >= 4 is 17.0 Å². The first-order valence-electron chi connectivity index (χ1n) is 6.09. The van der Waals surface area contributed by atoms with Crippen molar-refractivity contribution < 1.29 is 9.13 Å². The van der Waals surface area contributed by atoms with E-state index in [1.807, 2.05) is 18.7 Å². The number of imidazole rings is 1. The number of aromatic nitrogens is 2. The maximum atomic E-state index is 13.3. The van der Waals surface area contributed by atoms with E-state index in [1.165, 1.54) is 12.1 Å². The van der Waals surface area contributed by atoms with Gasteiger partial charge >= 0.3 is 0 Å². The average molecular weight is 249 g/mol. The molecule has 0 bridgehead atoms. The van der Waals surface area contributed by atoms with Crippen LogP contribution < -0.4 is 4.90 Å². The second-order valence-corrected chi connectivity index (χ2v) is 4.73. The molecule has 1 aromatic heterocycles. The van der Waals surface area contributed by atoms with Gasteiger partial charge in [0.05, 0.1) is 23.7 Å². The number of anilines is 1. The van der Waals surface area contributed by atoms with Gasteiger partial charge in [0.15, 0.2) is 0 Å². The molecule has 0 unspecified atom stereocenters. The summed E-state index contributed by atoms with van der Waals surface area (Å²) in [7, 11) is 3.92. The lowest BCUT2D eigenvalue weighted by atomic mass is 10.2.